The van der Waals surface area contributed by atoms with Gasteiger partial charge in [0.15, 0.2) is 6.10 Å². The van der Waals surface area contributed by atoms with Gasteiger partial charge in [0.2, 0.25) is 0 Å². The Balaban J connectivity index is 3.59. The van der Waals surface area contributed by atoms with Gasteiger partial charge < -0.3 is 55.8 Å². The zero-order valence-corrected chi connectivity index (χ0v) is 8.96. The second-order valence-electron chi connectivity index (χ2n) is 4.08. The van der Waals surface area contributed by atoms with Gasteiger partial charge in [-0.2, -0.15) is 0 Å². The Kier molecular flexibility index (Phi) is 3.09. The van der Waals surface area contributed by atoms with E-state index in [0.717, 1.165) is 0 Å². The van der Waals surface area contributed by atoms with Crippen LogP contribution >= 0.6 is 0 Å². The standard InChI is InChI=1S/C7H14O11/c1-18-2-3(8,9)5(12,13)7(16,17)6(14,15)4(2,10)11/h2,8-17H,1H3. The highest BCUT2D eigenvalue weighted by molar-refractivity contribution is 5.17. The Bertz CT molecular complexity index is 313. The van der Waals surface area contributed by atoms with E-state index in [0.29, 0.717) is 7.11 Å². The van der Waals surface area contributed by atoms with Crippen molar-refractivity contribution < 1.29 is 55.8 Å². The molecule has 0 aromatic rings. The predicted octanol–water partition coefficient (Wildman–Crippen LogP) is -6.58. The van der Waals surface area contributed by atoms with Gasteiger partial charge in [-0.3, -0.25) is 0 Å². The van der Waals surface area contributed by atoms with Gasteiger partial charge in [0.05, 0.1) is 0 Å². The molecular weight excluding hydrogens is 260 g/mol. The Morgan fingerprint density at radius 3 is 1.11 bits per heavy atom. The van der Waals surface area contributed by atoms with Crippen LogP contribution in [0, 0.1) is 0 Å². The van der Waals surface area contributed by atoms with Gasteiger partial charge in [0.1, 0.15) is 0 Å². The molecule has 0 unspecified atom stereocenters. The highest BCUT2D eigenvalue weighted by Gasteiger charge is 2.86. The van der Waals surface area contributed by atoms with Gasteiger partial charge in [-0.1, -0.05) is 0 Å². The summed E-state index contributed by atoms with van der Waals surface area (Å²) in [5, 5.41) is 92.6. The number of methoxy groups -OCH3 is 1. The van der Waals surface area contributed by atoms with Gasteiger partial charge in [-0.15, -0.1) is 0 Å². The summed E-state index contributed by atoms with van der Waals surface area (Å²) in [4.78, 5) is 0. The molecule has 0 aliphatic heterocycles. The summed E-state index contributed by atoms with van der Waals surface area (Å²) in [6.07, 6.45) is -2.83. The highest BCUT2D eigenvalue weighted by Crippen LogP contribution is 2.49. The van der Waals surface area contributed by atoms with Crippen LogP contribution in [-0.4, -0.2) is 93.2 Å². The molecule has 0 atom stereocenters. The summed E-state index contributed by atoms with van der Waals surface area (Å²) >= 11 is 0. The molecule has 1 saturated carbocycles. The first kappa shape index (κ1) is 15.6. The van der Waals surface area contributed by atoms with E-state index in [1.165, 1.54) is 0 Å². The van der Waals surface area contributed by atoms with Crippen LogP contribution in [0.4, 0.5) is 0 Å². The third kappa shape index (κ3) is 1.34. The summed E-state index contributed by atoms with van der Waals surface area (Å²) in [6, 6.07) is 0. The molecule has 108 valence electrons. The third-order valence-corrected chi connectivity index (χ3v) is 2.97. The third-order valence-electron chi connectivity index (χ3n) is 2.97. The molecule has 0 heterocycles. The first-order valence-corrected chi connectivity index (χ1v) is 4.46. The second-order valence-corrected chi connectivity index (χ2v) is 4.08. The Labute approximate surface area is 99.0 Å². The molecule has 0 spiro atoms. The largest absolute Gasteiger partial charge is 0.370 e. The van der Waals surface area contributed by atoms with Crippen LogP contribution < -0.4 is 0 Å². The minimum Gasteiger partial charge on any atom is -0.370 e. The lowest BCUT2D eigenvalue weighted by atomic mass is 9.72. The average Bonchev–Trinajstić information content (AvgIpc) is 2.15. The monoisotopic (exact) mass is 274 g/mol. The van der Waals surface area contributed by atoms with Crippen LogP contribution in [0.1, 0.15) is 0 Å². The molecule has 1 aliphatic carbocycles. The molecule has 0 radical (unpaired) electrons. The number of rotatable bonds is 1. The molecular formula is C7H14O11. The van der Waals surface area contributed by atoms with Gasteiger partial charge in [-0.25, -0.2) is 0 Å². The summed E-state index contributed by atoms with van der Waals surface area (Å²) in [7, 11) is 0.626. The summed E-state index contributed by atoms with van der Waals surface area (Å²) in [5.74, 6) is -21.5. The quantitative estimate of drug-likeness (QED) is 0.203. The topological polar surface area (TPSA) is 212 Å². The van der Waals surface area contributed by atoms with Gasteiger partial charge >= 0.3 is 0 Å². The highest BCUT2D eigenvalue weighted by atomic mass is 16.7. The predicted molar refractivity (Wildman–Crippen MR) is 46.6 cm³/mol. The molecule has 1 aliphatic rings. The van der Waals surface area contributed by atoms with E-state index in [-0.39, 0.29) is 0 Å². The van der Waals surface area contributed by atoms with Crippen LogP contribution in [0.3, 0.4) is 0 Å². The fourth-order valence-electron chi connectivity index (χ4n) is 1.73. The minimum atomic E-state index is -4.54. The molecule has 0 aromatic heterocycles. The van der Waals surface area contributed by atoms with Crippen molar-refractivity contribution in [3.05, 3.63) is 0 Å². The van der Waals surface area contributed by atoms with E-state index in [1.54, 1.807) is 0 Å². The van der Waals surface area contributed by atoms with Gasteiger partial charge in [-0.05, 0) is 0 Å². The maximum absolute atomic E-state index is 9.33. The first-order chi connectivity index (χ1) is 7.69. The maximum Gasteiger partial charge on any atom is 0.285 e. The Morgan fingerprint density at radius 1 is 0.611 bits per heavy atom. The van der Waals surface area contributed by atoms with Crippen molar-refractivity contribution in [2.24, 2.45) is 0 Å². The maximum atomic E-state index is 9.33. The molecule has 11 nitrogen and oxygen atoms in total. The minimum absolute atomic E-state index is 0.626. The molecule has 10 N–H and O–H groups in total. The van der Waals surface area contributed by atoms with E-state index < -0.39 is 35.0 Å². The van der Waals surface area contributed by atoms with E-state index in [1.807, 2.05) is 0 Å². The molecule has 0 amide bonds. The number of ether oxygens (including phenoxy) is 1. The lowest BCUT2D eigenvalue weighted by Crippen LogP contribution is -2.91. The van der Waals surface area contributed by atoms with Crippen molar-refractivity contribution in [3.8, 4) is 0 Å². The molecule has 0 saturated heterocycles. The van der Waals surface area contributed by atoms with Crippen molar-refractivity contribution in [1.82, 2.24) is 0 Å². The average molecular weight is 274 g/mol. The molecule has 18 heavy (non-hydrogen) atoms. The Hall–Kier alpha value is -0.440. The van der Waals surface area contributed by atoms with Crippen molar-refractivity contribution >= 4 is 0 Å². The molecule has 1 rings (SSSR count). The van der Waals surface area contributed by atoms with Crippen molar-refractivity contribution in [2.75, 3.05) is 7.11 Å². The zero-order chi connectivity index (χ0) is 14.8. The van der Waals surface area contributed by atoms with Crippen molar-refractivity contribution in [2.45, 2.75) is 35.0 Å². The van der Waals surface area contributed by atoms with Crippen LogP contribution in [0.2, 0.25) is 0 Å². The lowest BCUT2D eigenvalue weighted by Gasteiger charge is -2.58. The van der Waals surface area contributed by atoms with Crippen molar-refractivity contribution in [3.63, 3.8) is 0 Å². The van der Waals surface area contributed by atoms with Crippen LogP contribution in [0.5, 0.6) is 0 Å². The molecule has 11 heteroatoms. The molecule has 0 bridgehead atoms. The number of aliphatic hydroxyl groups is 10. The zero-order valence-electron chi connectivity index (χ0n) is 8.96. The van der Waals surface area contributed by atoms with Gasteiger partial charge in [0, 0.05) is 7.11 Å². The van der Waals surface area contributed by atoms with Gasteiger partial charge in [0.25, 0.3) is 28.9 Å². The SMILES string of the molecule is COC1C(O)(O)C(O)(O)C(O)(O)C(O)(O)C1(O)O. The van der Waals surface area contributed by atoms with Crippen molar-refractivity contribution in [1.29, 1.82) is 0 Å². The number of hydrogen-bond acceptors (Lipinski definition) is 11. The summed E-state index contributed by atoms with van der Waals surface area (Å²) < 4.78 is 4.12. The fraction of sp³-hybridized carbons (Fsp3) is 1.00. The van der Waals surface area contributed by atoms with E-state index in [9.17, 15) is 51.1 Å². The number of hydrogen-bond donors (Lipinski definition) is 10. The van der Waals surface area contributed by atoms with Crippen LogP contribution in [-0.2, 0) is 4.74 Å². The van der Waals surface area contributed by atoms with E-state index in [2.05, 4.69) is 4.74 Å². The summed E-state index contributed by atoms with van der Waals surface area (Å²) in [6.45, 7) is 0. The molecule has 0 aromatic carbocycles. The molecule has 1 fully saturated rings. The smallest absolute Gasteiger partial charge is 0.285 e. The fourth-order valence-corrected chi connectivity index (χ4v) is 1.73. The normalized spacial score (nSPS) is 32.2. The lowest BCUT2D eigenvalue weighted by molar-refractivity contribution is -0.593. The second kappa shape index (κ2) is 3.56. The van der Waals surface area contributed by atoms with E-state index in [4.69, 9.17) is 0 Å². The summed E-state index contributed by atoms with van der Waals surface area (Å²) in [5.41, 5.74) is 0. The van der Waals surface area contributed by atoms with E-state index >= 15 is 0 Å². The Morgan fingerprint density at radius 2 is 0.889 bits per heavy atom. The van der Waals surface area contributed by atoms with Crippen LogP contribution in [0.25, 0.3) is 0 Å². The first-order valence-electron chi connectivity index (χ1n) is 4.46. The van der Waals surface area contributed by atoms with Crippen LogP contribution in [0.15, 0.2) is 0 Å².